The minimum absolute atomic E-state index is 0.0168. The monoisotopic (exact) mass is 588 g/mol. The van der Waals surface area contributed by atoms with Crippen LogP contribution in [0.3, 0.4) is 0 Å². The van der Waals surface area contributed by atoms with Crippen LogP contribution in [0.25, 0.3) is 0 Å². The van der Waals surface area contributed by atoms with Crippen molar-refractivity contribution in [1.29, 1.82) is 0 Å². The van der Waals surface area contributed by atoms with Gasteiger partial charge in [-0.2, -0.15) is 12.8 Å². The Morgan fingerprint density at radius 1 is 1.03 bits per heavy atom. The third-order valence-electron chi connectivity index (χ3n) is 9.04. The molecule has 9 heteroatoms. The average molecular weight is 589 g/mol. The zero-order valence-corrected chi connectivity index (χ0v) is 27.3. The van der Waals surface area contributed by atoms with E-state index in [1.807, 2.05) is 6.92 Å². The van der Waals surface area contributed by atoms with Crippen molar-refractivity contribution < 1.29 is 16.8 Å². The van der Waals surface area contributed by atoms with E-state index in [0.717, 1.165) is 30.6 Å². The zero-order valence-electron chi connectivity index (χ0n) is 24.9. The van der Waals surface area contributed by atoms with E-state index in [2.05, 4.69) is 51.3 Å². The van der Waals surface area contributed by atoms with Crippen molar-refractivity contribution in [2.75, 3.05) is 6.54 Å². The van der Waals surface area contributed by atoms with Crippen LogP contribution in [0.15, 0.2) is 18.9 Å². The summed E-state index contributed by atoms with van der Waals surface area (Å²) in [5.74, 6) is 3.25. The number of thiophene rings is 1. The van der Waals surface area contributed by atoms with Gasteiger partial charge in [0.2, 0.25) is 0 Å². The van der Waals surface area contributed by atoms with Crippen LogP contribution in [0.4, 0.5) is 0 Å². The van der Waals surface area contributed by atoms with Gasteiger partial charge in [0.15, 0.2) is 9.84 Å². The quantitative estimate of drug-likeness (QED) is 0.200. The van der Waals surface area contributed by atoms with E-state index in [1.165, 1.54) is 31.5 Å². The molecule has 0 saturated heterocycles. The van der Waals surface area contributed by atoms with E-state index in [-0.39, 0.29) is 14.5 Å². The Hall–Kier alpha value is -0.770. The Morgan fingerprint density at radius 3 is 2.18 bits per heavy atom. The molecule has 5 unspecified atom stereocenters. The number of nitrogens with zero attached hydrogens (tertiary/aromatic N) is 1. The average Bonchev–Trinajstić information content (AvgIpc) is 3.36. The molecule has 0 bridgehead atoms. The molecule has 0 radical (unpaired) electrons. The summed E-state index contributed by atoms with van der Waals surface area (Å²) in [6.45, 7) is 18.2. The topological polar surface area (TPSA) is 92.7 Å². The van der Waals surface area contributed by atoms with Crippen molar-refractivity contribution in [3.05, 3.63) is 11.6 Å². The van der Waals surface area contributed by atoms with Gasteiger partial charge >= 0.3 is 0 Å². The fraction of sp³-hybridized carbons (Fsp3) is 0.828. The molecular weight excluding hydrogens is 537 g/mol. The molecule has 1 aromatic heterocycles. The second kappa shape index (κ2) is 14.7. The summed E-state index contributed by atoms with van der Waals surface area (Å²) in [5, 5.41) is 2.76. The second-order valence-corrected chi connectivity index (χ2v) is 16.6. The lowest BCUT2D eigenvalue weighted by Gasteiger charge is -2.39. The SMILES string of the molecule is CCN[C@H]1C[C@H](C)S(=O)(=O)c2sc(S(=O)(=O)N=CCCC(CC)C(CC)C(CC)C(CC)C(C)CC)cc21. The molecule has 38 heavy (non-hydrogen) atoms. The van der Waals surface area contributed by atoms with Crippen LogP contribution in [0.5, 0.6) is 0 Å². The van der Waals surface area contributed by atoms with Crippen molar-refractivity contribution in [2.24, 2.45) is 34.0 Å². The Labute approximate surface area is 237 Å². The molecule has 0 aromatic carbocycles. The number of hydrogen-bond acceptors (Lipinski definition) is 6. The molecule has 6 nitrogen and oxygen atoms in total. The fourth-order valence-corrected chi connectivity index (χ4v) is 11.6. The minimum atomic E-state index is -3.95. The first kappa shape index (κ1) is 33.4. The van der Waals surface area contributed by atoms with E-state index in [4.69, 9.17) is 0 Å². The predicted octanol–water partition coefficient (Wildman–Crippen LogP) is 7.66. The first-order valence-corrected chi connectivity index (χ1v) is 18.6. The standard InChI is InChI=1S/C29H52N2O4S3/c1-9-20(7)23(11-3)25(13-5)24(12-4)22(10-2)16-15-17-31-38(34,35)28-19-26-27(30-14-6)18-21(8)37(32,33)29(26)36-28/h17,19-25,27,30H,9-16,18H2,1-8H3/t20?,21-,22?,23?,24?,25?,27-/m0/s1. The van der Waals surface area contributed by atoms with Crippen molar-refractivity contribution in [3.8, 4) is 0 Å². The van der Waals surface area contributed by atoms with Crippen LogP contribution in [0.1, 0.15) is 118 Å². The van der Waals surface area contributed by atoms with Gasteiger partial charge < -0.3 is 5.32 Å². The van der Waals surface area contributed by atoms with E-state index in [9.17, 15) is 16.8 Å². The third kappa shape index (κ3) is 7.49. The minimum Gasteiger partial charge on any atom is -0.310 e. The number of fused-ring (bicyclic) bond motifs is 1. The van der Waals surface area contributed by atoms with Gasteiger partial charge in [-0.3, -0.25) is 0 Å². The van der Waals surface area contributed by atoms with Crippen LogP contribution >= 0.6 is 11.3 Å². The molecule has 0 saturated carbocycles. The highest BCUT2D eigenvalue weighted by atomic mass is 32.3. The van der Waals surface area contributed by atoms with Crippen molar-refractivity contribution in [2.45, 2.75) is 126 Å². The maximum Gasteiger partial charge on any atom is 0.291 e. The summed E-state index contributed by atoms with van der Waals surface area (Å²) in [6.07, 6.45) is 9.29. The summed E-state index contributed by atoms with van der Waals surface area (Å²) in [6, 6.07) is 1.36. The highest BCUT2D eigenvalue weighted by Gasteiger charge is 2.39. The van der Waals surface area contributed by atoms with Crippen molar-refractivity contribution >= 4 is 37.4 Å². The lowest BCUT2D eigenvalue weighted by atomic mass is 9.66. The Balaban J connectivity index is 2.20. The van der Waals surface area contributed by atoms with Gasteiger partial charge in [-0.25, -0.2) is 8.42 Å². The molecule has 0 fully saturated rings. The Bertz CT molecular complexity index is 1110. The van der Waals surface area contributed by atoms with Gasteiger partial charge in [-0.1, -0.05) is 80.6 Å². The van der Waals surface area contributed by atoms with Crippen LogP contribution in [-0.2, 0) is 19.9 Å². The van der Waals surface area contributed by atoms with Gasteiger partial charge in [-0.15, -0.1) is 11.3 Å². The third-order valence-corrected chi connectivity index (χ3v) is 14.7. The molecule has 2 rings (SSSR count). The summed E-state index contributed by atoms with van der Waals surface area (Å²) < 4.78 is 56.2. The molecule has 1 aliphatic heterocycles. The lowest BCUT2D eigenvalue weighted by molar-refractivity contribution is 0.102. The maximum absolute atomic E-state index is 13.1. The smallest absolute Gasteiger partial charge is 0.291 e. The number of sulfonamides is 1. The van der Waals surface area contributed by atoms with Gasteiger partial charge in [0.25, 0.3) is 10.0 Å². The summed E-state index contributed by atoms with van der Waals surface area (Å²) >= 11 is 0.848. The molecule has 220 valence electrons. The largest absolute Gasteiger partial charge is 0.310 e. The molecule has 2 heterocycles. The maximum atomic E-state index is 13.1. The number of hydrogen-bond donors (Lipinski definition) is 1. The fourth-order valence-electron chi connectivity index (χ4n) is 6.72. The van der Waals surface area contributed by atoms with E-state index in [0.29, 0.717) is 54.5 Å². The summed E-state index contributed by atoms with van der Waals surface area (Å²) in [4.78, 5) is 0. The lowest BCUT2D eigenvalue weighted by Crippen LogP contribution is -2.33. The van der Waals surface area contributed by atoms with Crippen LogP contribution < -0.4 is 5.32 Å². The molecule has 1 aliphatic rings. The first-order chi connectivity index (χ1) is 17.9. The van der Waals surface area contributed by atoms with Crippen LogP contribution in [0.2, 0.25) is 0 Å². The molecule has 0 aliphatic carbocycles. The Morgan fingerprint density at radius 2 is 1.66 bits per heavy atom. The number of rotatable bonds is 16. The molecule has 0 spiro atoms. The summed E-state index contributed by atoms with van der Waals surface area (Å²) in [5.41, 5.74) is 0.568. The number of sulfone groups is 1. The highest BCUT2D eigenvalue weighted by Crippen LogP contribution is 2.43. The molecule has 7 atom stereocenters. The van der Waals surface area contributed by atoms with E-state index in [1.54, 1.807) is 6.92 Å². The first-order valence-electron chi connectivity index (χ1n) is 14.8. The summed E-state index contributed by atoms with van der Waals surface area (Å²) in [7, 11) is -7.48. The van der Waals surface area contributed by atoms with Gasteiger partial charge in [0.05, 0.1) is 5.25 Å². The molecule has 0 amide bonds. The van der Waals surface area contributed by atoms with E-state index >= 15 is 0 Å². The zero-order chi connectivity index (χ0) is 28.7. The second-order valence-electron chi connectivity index (χ2n) is 11.1. The molecule has 1 N–H and O–H groups in total. The molecular formula is C29H52N2O4S3. The van der Waals surface area contributed by atoms with Gasteiger partial charge in [0, 0.05) is 17.8 Å². The molecule has 1 aromatic rings. The predicted molar refractivity (Wildman–Crippen MR) is 161 cm³/mol. The van der Waals surface area contributed by atoms with Crippen molar-refractivity contribution in [1.82, 2.24) is 5.32 Å². The Kier molecular flexibility index (Phi) is 13.0. The van der Waals surface area contributed by atoms with Gasteiger partial charge in [-0.05, 0) is 68.4 Å². The highest BCUT2D eigenvalue weighted by molar-refractivity contribution is 7.96. The van der Waals surface area contributed by atoms with Crippen molar-refractivity contribution in [3.63, 3.8) is 0 Å². The van der Waals surface area contributed by atoms with E-state index < -0.39 is 25.1 Å². The number of nitrogens with one attached hydrogen (secondary N) is 1. The van der Waals surface area contributed by atoms with Crippen LogP contribution in [0, 0.1) is 29.6 Å². The normalized spacial score (nSPS) is 23.6. The van der Waals surface area contributed by atoms with Crippen LogP contribution in [-0.4, -0.2) is 34.8 Å². The van der Waals surface area contributed by atoms with Gasteiger partial charge in [0.1, 0.15) is 8.42 Å².